The molecule has 0 bridgehead atoms. The normalized spacial score (nSPS) is 21.7. The van der Waals surface area contributed by atoms with Gasteiger partial charge in [0.15, 0.2) is 11.8 Å². The molecular weight excluding hydrogens is 406 g/mol. The van der Waals surface area contributed by atoms with Crippen molar-refractivity contribution in [1.82, 2.24) is 29.9 Å². The summed E-state index contributed by atoms with van der Waals surface area (Å²) >= 11 is 0. The second kappa shape index (κ2) is 10.9. The lowest BCUT2D eigenvalue weighted by Gasteiger charge is -2.36. The summed E-state index contributed by atoms with van der Waals surface area (Å²) < 4.78 is 13.4. The number of ether oxygens (including phenoxy) is 2. The smallest absolute Gasteiger partial charge is 0.194 e. The minimum absolute atomic E-state index is 0.190. The molecule has 1 aromatic heterocycles. The van der Waals surface area contributed by atoms with E-state index in [9.17, 15) is 0 Å². The van der Waals surface area contributed by atoms with Crippen LogP contribution in [-0.2, 0) is 29.6 Å². The van der Waals surface area contributed by atoms with Crippen molar-refractivity contribution in [2.24, 2.45) is 12.0 Å². The van der Waals surface area contributed by atoms with Crippen LogP contribution < -0.4 is 5.32 Å². The zero-order valence-electron chi connectivity index (χ0n) is 19.4. The highest BCUT2D eigenvalue weighted by Gasteiger charge is 2.41. The van der Waals surface area contributed by atoms with Crippen molar-refractivity contribution in [3.63, 3.8) is 0 Å². The summed E-state index contributed by atoms with van der Waals surface area (Å²) in [6.07, 6.45) is 1.12. The highest BCUT2D eigenvalue weighted by atomic mass is 16.5. The molecule has 0 saturated carbocycles. The number of aryl methyl sites for hydroxylation is 1. The average Bonchev–Trinajstić information content (AvgIpc) is 3.38. The zero-order chi connectivity index (χ0) is 22.3. The first-order chi connectivity index (χ1) is 15.7. The van der Waals surface area contributed by atoms with E-state index >= 15 is 0 Å². The molecule has 0 radical (unpaired) electrons. The number of likely N-dealkylation sites (tertiary alicyclic amines) is 1. The lowest BCUT2D eigenvalue weighted by Crippen LogP contribution is -2.50. The Balaban J connectivity index is 1.45. The molecule has 3 heterocycles. The highest BCUT2D eigenvalue weighted by Crippen LogP contribution is 2.24. The fraction of sp³-hybridized carbons (Fsp3) is 0.609. The van der Waals surface area contributed by atoms with Crippen molar-refractivity contribution in [2.75, 3.05) is 46.5 Å². The summed E-state index contributed by atoms with van der Waals surface area (Å²) in [5.74, 6) is 2.65. The minimum Gasteiger partial charge on any atom is -0.385 e. The minimum atomic E-state index is 0.190. The van der Waals surface area contributed by atoms with Gasteiger partial charge in [-0.15, -0.1) is 10.2 Å². The van der Waals surface area contributed by atoms with Crippen LogP contribution in [0.5, 0.6) is 0 Å². The van der Waals surface area contributed by atoms with Gasteiger partial charge in [-0.25, -0.2) is 4.99 Å². The van der Waals surface area contributed by atoms with Crippen molar-refractivity contribution in [1.29, 1.82) is 0 Å². The van der Waals surface area contributed by atoms with Crippen molar-refractivity contribution in [2.45, 2.75) is 38.6 Å². The number of nitrogens with one attached hydrogen (secondary N) is 1. The Labute approximate surface area is 190 Å². The number of hydrogen-bond acceptors (Lipinski definition) is 6. The maximum Gasteiger partial charge on any atom is 0.194 e. The molecule has 0 amide bonds. The lowest BCUT2D eigenvalue weighted by atomic mass is 10.1. The van der Waals surface area contributed by atoms with Gasteiger partial charge in [0.25, 0.3) is 0 Å². The van der Waals surface area contributed by atoms with Crippen LogP contribution in [0.15, 0.2) is 35.3 Å². The van der Waals surface area contributed by atoms with Gasteiger partial charge in [-0.05, 0) is 18.9 Å². The van der Waals surface area contributed by atoms with E-state index in [1.165, 1.54) is 5.56 Å². The van der Waals surface area contributed by atoms with Gasteiger partial charge < -0.3 is 24.3 Å². The third kappa shape index (κ3) is 5.46. The van der Waals surface area contributed by atoms with Crippen LogP contribution in [0.3, 0.4) is 0 Å². The number of morpholine rings is 1. The van der Waals surface area contributed by atoms with Crippen molar-refractivity contribution >= 4 is 5.96 Å². The first kappa shape index (κ1) is 22.7. The number of rotatable bonds is 8. The Kier molecular flexibility index (Phi) is 7.72. The second-order valence-electron chi connectivity index (χ2n) is 8.47. The SMILES string of the molecule is COCCCNC(=NCc1nnc(C)n1C)N1CC2OCCN(Cc3ccccc3)C2C1. The first-order valence-corrected chi connectivity index (χ1v) is 11.4. The molecule has 2 aromatic rings. The third-order valence-electron chi connectivity index (χ3n) is 6.31. The van der Waals surface area contributed by atoms with E-state index in [1.807, 2.05) is 18.5 Å². The Morgan fingerprint density at radius 3 is 2.84 bits per heavy atom. The van der Waals surface area contributed by atoms with E-state index in [1.54, 1.807) is 7.11 Å². The van der Waals surface area contributed by atoms with Crippen LogP contribution in [0.2, 0.25) is 0 Å². The standard InChI is InChI=1S/C23H35N7O2/c1-18-26-27-22(28(18)2)14-25-23(24-10-7-12-31-3)30-16-20-21(17-30)32-13-11-29(20)15-19-8-5-4-6-9-19/h4-6,8-9,20-21H,7,10-17H2,1-3H3,(H,24,25). The second-order valence-corrected chi connectivity index (χ2v) is 8.47. The number of fused-ring (bicyclic) bond motifs is 1. The molecule has 1 aromatic carbocycles. The van der Waals surface area contributed by atoms with E-state index in [2.05, 4.69) is 55.6 Å². The fourth-order valence-electron chi connectivity index (χ4n) is 4.36. The van der Waals surface area contributed by atoms with Gasteiger partial charge in [-0.3, -0.25) is 4.90 Å². The summed E-state index contributed by atoms with van der Waals surface area (Å²) in [6, 6.07) is 11.0. The molecule has 2 aliphatic heterocycles. The van der Waals surface area contributed by atoms with E-state index in [0.29, 0.717) is 12.6 Å². The van der Waals surface area contributed by atoms with E-state index in [4.69, 9.17) is 14.5 Å². The highest BCUT2D eigenvalue weighted by molar-refractivity contribution is 5.80. The monoisotopic (exact) mass is 441 g/mol. The molecule has 9 nitrogen and oxygen atoms in total. The molecule has 2 atom stereocenters. The van der Waals surface area contributed by atoms with Crippen molar-refractivity contribution in [3.8, 4) is 0 Å². The topological polar surface area (TPSA) is 80.0 Å². The van der Waals surface area contributed by atoms with E-state index in [-0.39, 0.29) is 6.10 Å². The van der Waals surface area contributed by atoms with Crippen LogP contribution in [-0.4, -0.2) is 89.2 Å². The third-order valence-corrected chi connectivity index (χ3v) is 6.31. The summed E-state index contributed by atoms with van der Waals surface area (Å²) in [4.78, 5) is 9.79. The zero-order valence-corrected chi connectivity index (χ0v) is 19.4. The van der Waals surface area contributed by atoms with Gasteiger partial charge in [0, 0.05) is 53.5 Å². The quantitative estimate of drug-likeness (QED) is 0.374. The Hall–Kier alpha value is -2.49. The predicted octanol–water partition coefficient (Wildman–Crippen LogP) is 1.19. The Morgan fingerprint density at radius 2 is 2.09 bits per heavy atom. The number of methoxy groups -OCH3 is 1. The summed E-state index contributed by atoms with van der Waals surface area (Å²) in [7, 11) is 3.71. The van der Waals surface area contributed by atoms with Gasteiger partial charge >= 0.3 is 0 Å². The molecule has 2 aliphatic rings. The van der Waals surface area contributed by atoms with E-state index < -0.39 is 0 Å². The van der Waals surface area contributed by atoms with Crippen LogP contribution in [0.1, 0.15) is 23.6 Å². The Bertz CT molecular complexity index is 886. The number of guanidine groups is 1. The number of nitrogens with zero attached hydrogens (tertiary/aromatic N) is 6. The van der Waals surface area contributed by atoms with Crippen molar-refractivity contribution in [3.05, 3.63) is 47.5 Å². The van der Waals surface area contributed by atoms with Crippen LogP contribution in [0.4, 0.5) is 0 Å². The molecule has 0 aliphatic carbocycles. The Morgan fingerprint density at radius 1 is 1.25 bits per heavy atom. The number of hydrogen-bond donors (Lipinski definition) is 1. The molecule has 2 unspecified atom stereocenters. The van der Waals surface area contributed by atoms with Crippen LogP contribution in [0, 0.1) is 6.92 Å². The van der Waals surface area contributed by atoms with Gasteiger partial charge in [0.1, 0.15) is 12.4 Å². The molecule has 9 heteroatoms. The molecule has 0 spiro atoms. The van der Waals surface area contributed by atoms with Crippen LogP contribution >= 0.6 is 0 Å². The molecule has 32 heavy (non-hydrogen) atoms. The van der Waals surface area contributed by atoms with Gasteiger partial charge in [-0.1, -0.05) is 30.3 Å². The maximum atomic E-state index is 6.17. The molecule has 1 N–H and O–H groups in total. The number of aromatic nitrogens is 3. The first-order valence-electron chi connectivity index (χ1n) is 11.4. The molecule has 4 rings (SSSR count). The average molecular weight is 442 g/mol. The maximum absolute atomic E-state index is 6.17. The number of aliphatic imine (C=N–C) groups is 1. The fourth-order valence-corrected chi connectivity index (χ4v) is 4.36. The lowest BCUT2D eigenvalue weighted by molar-refractivity contribution is -0.0502. The van der Waals surface area contributed by atoms with Gasteiger partial charge in [0.05, 0.1) is 18.8 Å². The molecule has 2 fully saturated rings. The number of benzene rings is 1. The largest absolute Gasteiger partial charge is 0.385 e. The molecule has 174 valence electrons. The van der Waals surface area contributed by atoms with E-state index in [0.717, 1.165) is 70.0 Å². The van der Waals surface area contributed by atoms with Gasteiger partial charge in [-0.2, -0.15) is 0 Å². The van der Waals surface area contributed by atoms with Gasteiger partial charge in [0.2, 0.25) is 0 Å². The summed E-state index contributed by atoms with van der Waals surface area (Å²) in [6.45, 7) is 8.38. The predicted molar refractivity (Wildman–Crippen MR) is 123 cm³/mol. The van der Waals surface area contributed by atoms with Crippen molar-refractivity contribution < 1.29 is 9.47 Å². The van der Waals surface area contributed by atoms with Crippen LogP contribution in [0.25, 0.3) is 0 Å². The summed E-state index contributed by atoms with van der Waals surface area (Å²) in [5, 5.41) is 11.9. The molecular formula is C23H35N7O2. The molecule has 2 saturated heterocycles. The summed E-state index contributed by atoms with van der Waals surface area (Å²) in [5.41, 5.74) is 1.34.